The molecule has 0 aliphatic carbocycles. The molecule has 1 aromatic rings. The number of nitrogens with zero attached hydrogens (tertiary/aromatic N) is 1. The molecule has 0 radical (unpaired) electrons. The molecule has 17 heavy (non-hydrogen) atoms. The van der Waals surface area contributed by atoms with Crippen LogP contribution in [0.2, 0.25) is 0 Å². The highest BCUT2D eigenvalue weighted by Crippen LogP contribution is 2.10. The summed E-state index contributed by atoms with van der Waals surface area (Å²) in [7, 11) is 0. The van der Waals surface area contributed by atoms with Crippen LogP contribution < -0.4 is 11.1 Å². The smallest absolute Gasteiger partial charge is 0.237 e. The summed E-state index contributed by atoms with van der Waals surface area (Å²) < 4.78 is 0. The summed E-state index contributed by atoms with van der Waals surface area (Å²) in [6.45, 7) is 1.93. The summed E-state index contributed by atoms with van der Waals surface area (Å²) in [6.07, 6.45) is 6.16. The Kier molecular flexibility index (Phi) is 6.00. The zero-order valence-electron chi connectivity index (χ0n) is 10.2. The van der Waals surface area contributed by atoms with Gasteiger partial charge in [-0.15, -0.1) is 0 Å². The number of amides is 1. The van der Waals surface area contributed by atoms with Crippen molar-refractivity contribution in [2.45, 2.75) is 25.4 Å². The Hall–Kier alpha value is -1.07. The van der Waals surface area contributed by atoms with Crippen molar-refractivity contribution in [2.24, 2.45) is 5.73 Å². The molecule has 0 bridgehead atoms. The van der Waals surface area contributed by atoms with Crippen LogP contribution in [-0.2, 0) is 4.79 Å². The Balaban J connectivity index is 2.46. The van der Waals surface area contributed by atoms with Gasteiger partial charge in [0.25, 0.3) is 0 Å². The average Bonchev–Trinajstić information content (AvgIpc) is 2.36. The van der Waals surface area contributed by atoms with E-state index >= 15 is 0 Å². The van der Waals surface area contributed by atoms with E-state index in [1.54, 1.807) is 24.2 Å². The molecule has 0 spiro atoms. The molecule has 0 aromatic carbocycles. The van der Waals surface area contributed by atoms with Gasteiger partial charge in [-0.2, -0.15) is 11.8 Å². The fourth-order valence-corrected chi connectivity index (χ4v) is 1.90. The fourth-order valence-electron chi connectivity index (χ4n) is 1.41. The molecule has 0 aliphatic rings. The van der Waals surface area contributed by atoms with Crippen LogP contribution in [0.25, 0.3) is 0 Å². The summed E-state index contributed by atoms with van der Waals surface area (Å²) in [5.41, 5.74) is 6.77. The second-order valence-electron chi connectivity index (χ2n) is 3.90. The quantitative estimate of drug-likeness (QED) is 0.803. The average molecular weight is 253 g/mol. The highest BCUT2D eigenvalue weighted by Gasteiger charge is 2.15. The molecule has 94 valence electrons. The van der Waals surface area contributed by atoms with Crippen molar-refractivity contribution in [3.8, 4) is 0 Å². The largest absolute Gasteiger partial charge is 0.348 e. The van der Waals surface area contributed by atoms with Gasteiger partial charge in [-0.25, -0.2) is 0 Å². The van der Waals surface area contributed by atoms with E-state index in [-0.39, 0.29) is 11.9 Å². The number of thioether (sulfide) groups is 1. The van der Waals surface area contributed by atoms with Gasteiger partial charge in [0.2, 0.25) is 5.91 Å². The van der Waals surface area contributed by atoms with Gasteiger partial charge in [-0.05, 0) is 37.0 Å². The molecule has 4 nitrogen and oxygen atoms in total. The normalized spacial score (nSPS) is 14.1. The van der Waals surface area contributed by atoms with Gasteiger partial charge < -0.3 is 11.1 Å². The van der Waals surface area contributed by atoms with Crippen LogP contribution in [0.3, 0.4) is 0 Å². The number of pyridine rings is 1. The number of hydrogen-bond donors (Lipinski definition) is 2. The lowest BCUT2D eigenvalue weighted by Crippen LogP contribution is -2.41. The van der Waals surface area contributed by atoms with Crippen LogP contribution in [0.4, 0.5) is 0 Å². The summed E-state index contributed by atoms with van der Waals surface area (Å²) in [5.74, 6) is 0.797. The van der Waals surface area contributed by atoms with Crippen LogP contribution in [0.1, 0.15) is 24.9 Å². The number of carbonyl (C=O) groups excluding carboxylic acids is 1. The minimum absolute atomic E-state index is 0.0588. The predicted molar refractivity (Wildman–Crippen MR) is 71.8 cm³/mol. The van der Waals surface area contributed by atoms with Crippen LogP contribution >= 0.6 is 11.8 Å². The lowest BCUT2D eigenvalue weighted by atomic mass is 10.1. The lowest BCUT2D eigenvalue weighted by molar-refractivity contribution is -0.123. The number of carbonyl (C=O) groups is 1. The maximum atomic E-state index is 11.8. The first-order chi connectivity index (χ1) is 8.15. The standard InChI is InChI=1S/C12H19N3OS/c1-9(10-4-3-6-14-8-10)15-12(16)11(13)5-7-17-2/h3-4,6,8-9,11H,5,7,13H2,1-2H3,(H,15,16)/t9-,11+/m0/s1. The SMILES string of the molecule is CSCC[C@@H](N)C(=O)N[C@@H](C)c1cccnc1. The minimum atomic E-state index is -0.429. The summed E-state index contributed by atoms with van der Waals surface area (Å²) >= 11 is 1.69. The molecular formula is C12H19N3OS. The van der Waals surface area contributed by atoms with E-state index in [0.29, 0.717) is 6.42 Å². The number of rotatable bonds is 6. The Bertz CT molecular complexity index is 345. The highest BCUT2D eigenvalue weighted by molar-refractivity contribution is 7.98. The Morgan fingerprint density at radius 1 is 1.65 bits per heavy atom. The van der Waals surface area contributed by atoms with Crippen LogP contribution in [0.15, 0.2) is 24.5 Å². The van der Waals surface area contributed by atoms with Crippen molar-refractivity contribution >= 4 is 17.7 Å². The van der Waals surface area contributed by atoms with Gasteiger partial charge in [0.05, 0.1) is 12.1 Å². The minimum Gasteiger partial charge on any atom is -0.348 e. The molecule has 2 atom stereocenters. The molecule has 0 saturated heterocycles. The third kappa shape index (κ3) is 4.75. The molecule has 3 N–H and O–H groups in total. The second kappa shape index (κ2) is 7.29. The molecule has 1 amide bonds. The molecular weight excluding hydrogens is 234 g/mol. The first kappa shape index (κ1) is 14.0. The molecule has 0 saturated carbocycles. The number of nitrogens with two attached hydrogens (primary N) is 1. The van der Waals surface area contributed by atoms with Gasteiger partial charge in [0.15, 0.2) is 0 Å². The molecule has 1 rings (SSSR count). The van der Waals surface area contributed by atoms with E-state index in [9.17, 15) is 4.79 Å². The topological polar surface area (TPSA) is 68.0 Å². The number of hydrogen-bond acceptors (Lipinski definition) is 4. The maximum Gasteiger partial charge on any atom is 0.237 e. The van der Waals surface area contributed by atoms with E-state index in [1.165, 1.54) is 0 Å². The second-order valence-corrected chi connectivity index (χ2v) is 4.89. The Morgan fingerprint density at radius 2 is 2.41 bits per heavy atom. The number of nitrogens with one attached hydrogen (secondary N) is 1. The highest BCUT2D eigenvalue weighted by atomic mass is 32.2. The van der Waals surface area contributed by atoms with Gasteiger partial charge >= 0.3 is 0 Å². The molecule has 1 aromatic heterocycles. The van der Waals surface area contributed by atoms with Crippen molar-refractivity contribution in [2.75, 3.05) is 12.0 Å². The molecule has 0 fully saturated rings. The first-order valence-electron chi connectivity index (χ1n) is 5.60. The van der Waals surface area contributed by atoms with Gasteiger partial charge in [-0.3, -0.25) is 9.78 Å². The van der Waals surface area contributed by atoms with Crippen molar-refractivity contribution < 1.29 is 4.79 Å². The summed E-state index contributed by atoms with van der Waals surface area (Å²) in [5, 5.41) is 2.89. The van der Waals surface area contributed by atoms with Crippen LogP contribution in [0, 0.1) is 0 Å². The third-order valence-corrected chi connectivity index (χ3v) is 3.16. The zero-order valence-corrected chi connectivity index (χ0v) is 11.0. The van der Waals surface area contributed by atoms with E-state index in [1.807, 2.05) is 25.3 Å². The van der Waals surface area contributed by atoms with Crippen molar-refractivity contribution in [1.82, 2.24) is 10.3 Å². The maximum absolute atomic E-state index is 11.8. The first-order valence-corrected chi connectivity index (χ1v) is 6.99. The van der Waals surface area contributed by atoms with Crippen molar-refractivity contribution in [3.05, 3.63) is 30.1 Å². The number of aromatic nitrogens is 1. The third-order valence-electron chi connectivity index (χ3n) is 2.51. The summed E-state index contributed by atoms with van der Waals surface area (Å²) in [4.78, 5) is 15.8. The van der Waals surface area contributed by atoms with Crippen molar-refractivity contribution in [1.29, 1.82) is 0 Å². The lowest BCUT2D eigenvalue weighted by Gasteiger charge is -2.17. The van der Waals surface area contributed by atoms with Crippen LogP contribution in [0.5, 0.6) is 0 Å². The van der Waals surface area contributed by atoms with Gasteiger partial charge in [0, 0.05) is 12.4 Å². The molecule has 0 unspecified atom stereocenters. The van der Waals surface area contributed by atoms with Gasteiger partial charge in [-0.1, -0.05) is 6.07 Å². The summed E-state index contributed by atoms with van der Waals surface area (Å²) in [6, 6.07) is 3.30. The predicted octanol–water partition coefficient (Wildman–Crippen LogP) is 1.34. The van der Waals surface area contributed by atoms with E-state index in [4.69, 9.17) is 5.73 Å². The Labute approximate surface area is 106 Å². The van der Waals surface area contributed by atoms with E-state index in [0.717, 1.165) is 11.3 Å². The molecule has 1 heterocycles. The van der Waals surface area contributed by atoms with E-state index in [2.05, 4.69) is 10.3 Å². The Morgan fingerprint density at radius 3 is 3.00 bits per heavy atom. The fraction of sp³-hybridized carbons (Fsp3) is 0.500. The molecule has 0 aliphatic heterocycles. The molecule has 5 heteroatoms. The van der Waals surface area contributed by atoms with E-state index < -0.39 is 6.04 Å². The van der Waals surface area contributed by atoms with Crippen molar-refractivity contribution in [3.63, 3.8) is 0 Å². The van der Waals surface area contributed by atoms with Gasteiger partial charge in [0.1, 0.15) is 0 Å². The zero-order chi connectivity index (χ0) is 12.7. The monoisotopic (exact) mass is 253 g/mol. The van der Waals surface area contributed by atoms with Crippen LogP contribution in [-0.4, -0.2) is 28.9 Å².